The third-order valence-corrected chi connectivity index (χ3v) is 7.76. The number of amides is 2. The molecule has 1 fully saturated rings. The van der Waals surface area contributed by atoms with Crippen molar-refractivity contribution in [3.8, 4) is 0 Å². The maximum Gasteiger partial charge on any atom is 0.265 e. The van der Waals surface area contributed by atoms with E-state index in [4.69, 9.17) is 0 Å². The van der Waals surface area contributed by atoms with Crippen LogP contribution in [0.5, 0.6) is 0 Å². The number of hydrogen-bond acceptors (Lipinski definition) is 4. The van der Waals surface area contributed by atoms with E-state index in [-0.39, 0.29) is 24.2 Å². The summed E-state index contributed by atoms with van der Waals surface area (Å²) < 4.78 is 14.4. The quantitative estimate of drug-likeness (QED) is 0.446. The highest BCUT2D eigenvalue weighted by Gasteiger charge is 2.29. The molecule has 3 aromatic rings. The Bertz CT molecular complexity index is 1300. The summed E-state index contributed by atoms with van der Waals surface area (Å²) in [6.07, 6.45) is 1.84. The largest absolute Gasteiger partial charge is 0.336 e. The molecule has 0 N–H and O–H groups in total. The van der Waals surface area contributed by atoms with Gasteiger partial charge in [0.2, 0.25) is 0 Å². The van der Waals surface area contributed by atoms with Crippen LogP contribution in [0, 0.1) is 5.82 Å². The summed E-state index contributed by atoms with van der Waals surface area (Å²) in [7, 11) is 0. The normalized spacial score (nSPS) is 17.4. The van der Waals surface area contributed by atoms with E-state index in [0.29, 0.717) is 16.0 Å². The Morgan fingerprint density at radius 1 is 0.944 bits per heavy atom. The van der Waals surface area contributed by atoms with Crippen LogP contribution in [0.2, 0.25) is 0 Å². The van der Waals surface area contributed by atoms with Crippen molar-refractivity contribution in [2.45, 2.75) is 18.4 Å². The van der Waals surface area contributed by atoms with Gasteiger partial charge >= 0.3 is 0 Å². The van der Waals surface area contributed by atoms with Crippen molar-refractivity contribution in [3.63, 3.8) is 0 Å². The van der Waals surface area contributed by atoms with Crippen molar-refractivity contribution in [2.75, 3.05) is 37.6 Å². The minimum absolute atomic E-state index is 0.0399. The van der Waals surface area contributed by atoms with Gasteiger partial charge in [0, 0.05) is 42.2 Å². The third-order valence-electron chi connectivity index (χ3n) is 6.68. The van der Waals surface area contributed by atoms with Crippen LogP contribution in [-0.4, -0.2) is 54.3 Å². The van der Waals surface area contributed by atoms with Crippen molar-refractivity contribution in [1.82, 2.24) is 9.80 Å². The molecule has 1 saturated heterocycles. The highest BCUT2D eigenvalue weighted by molar-refractivity contribution is 8.04. The van der Waals surface area contributed by atoms with Crippen LogP contribution in [0.25, 0.3) is 6.08 Å². The van der Waals surface area contributed by atoms with Crippen LogP contribution in [0.4, 0.5) is 10.1 Å². The lowest BCUT2D eigenvalue weighted by atomic mass is 10.1. The number of halogens is 1. The molecule has 3 aromatic carbocycles. The minimum atomic E-state index is -0.331. The summed E-state index contributed by atoms with van der Waals surface area (Å²) in [5.74, 6) is -0.461. The lowest BCUT2D eigenvalue weighted by molar-refractivity contribution is -0.114. The number of rotatable bonds is 5. The lowest BCUT2D eigenvalue weighted by Gasteiger charge is -2.34. The number of likely N-dealkylation sites (N-methyl/N-ethyl adjacent to an activating group) is 1. The van der Waals surface area contributed by atoms with E-state index in [2.05, 4.69) is 11.8 Å². The number of nitrogens with zero attached hydrogens (tertiary/aromatic N) is 3. The van der Waals surface area contributed by atoms with E-state index in [9.17, 15) is 14.0 Å². The summed E-state index contributed by atoms with van der Waals surface area (Å²) in [4.78, 5) is 33.8. The molecule has 5 nitrogen and oxygen atoms in total. The van der Waals surface area contributed by atoms with Gasteiger partial charge in [-0.25, -0.2) is 4.39 Å². The molecule has 0 bridgehead atoms. The van der Waals surface area contributed by atoms with Crippen LogP contribution < -0.4 is 4.90 Å². The number of anilines is 1. The van der Waals surface area contributed by atoms with E-state index in [1.54, 1.807) is 23.1 Å². The number of hydrogen-bond donors (Lipinski definition) is 0. The zero-order chi connectivity index (χ0) is 25.1. The predicted octanol–water partition coefficient (Wildman–Crippen LogP) is 5.28. The average Bonchev–Trinajstić information content (AvgIpc) is 2.92. The van der Waals surface area contributed by atoms with Crippen LogP contribution in [0.15, 0.2) is 82.6 Å². The second-order valence-electron chi connectivity index (χ2n) is 8.91. The maximum absolute atomic E-state index is 14.4. The van der Waals surface area contributed by atoms with Gasteiger partial charge in [-0.15, -0.1) is 0 Å². The number of fused-ring (bicyclic) bond motifs is 1. The first-order valence-corrected chi connectivity index (χ1v) is 13.0. The molecule has 184 valence electrons. The Morgan fingerprint density at radius 3 is 2.36 bits per heavy atom. The van der Waals surface area contributed by atoms with Crippen LogP contribution in [-0.2, 0) is 11.3 Å². The molecule has 0 unspecified atom stereocenters. The van der Waals surface area contributed by atoms with E-state index < -0.39 is 0 Å². The molecule has 2 aliphatic heterocycles. The Morgan fingerprint density at radius 2 is 1.64 bits per heavy atom. The van der Waals surface area contributed by atoms with Gasteiger partial charge in [0.15, 0.2) is 0 Å². The van der Waals surface area contributed by atoms with Gasteiger partial charge in [0.05, 0.1) is 17.1 Å². The van der Waals surface area contributed by atoms with Crippen molar-refractivity contribution in [3.05, 3.63) is 100 Å². The van der Waals surface area contributed by atoms with Gasteiger partial charge in [-0.1, -0.05) is 61.2 Å². The SMILES string of the molecule is CCN1CCN(C(=O)c2ccc(/C=C3\Sc4ccccc4N(Cc4ccccc4F)C3=O)cc2)CC1. The van der Waals surface area contributed by atoms with Crippen molar-refractivity contribution >= 4 is 35.3 Å². The van der Waals surface area contributed by atoms with Gasteiger partial charge in [-0.05, 0) is 48.5 Å². The number of piperazine rings is 1. The molecule has 0 spiro atoms. The molecule has 36 heavy (non-hydrogen) atoms. The smallest absolute Gasteiger partial charge is 0.265 e. The molecule has 2 aliphatic rings. The van der Waals surface area contributed by atoms with Gasteiger partial charge in [0.1, 0.15) is 5.82 Å². The molecule has 2 amide bonds. The van der Waals surface area contributed by atoms with Gasteiger partial charge < -0.3 is 14.7 Å². The Balaban J connectivity index is 1.36. The molecule has 0 atom stereocenters. The zero-order valence-corrected chi connectivity index (χ0v) is 21.0. The first kappa shape index (κ1) is 24.3. The minimum Gasteiger partial charge on any atom is -0.336 e. The summed E-state index contributed by atoms with van der Waals surface area (Å²) in [5.41, 5.74) is 2.73. The van der Waals surface area contributed by atoms with Crippen molar-refractivity contribution in [2.24, 2.45) is 0 Å². The fourth-order valence-electron chi connectivity index (χ4n) is 4.54. The molecular weight excluding hydrogens is 473 g/mol. The number of carbonyl (C=O) groups excluding carboxylic acids is 2. The Labute approximate surface area is 215 Å². The number of para-hydroxylation sites is 1. The maximum atomic E-state index is 14.4. The van der Waals surface area contributed by atoms with Gasteiger partial charge in [-0.2, -0.15) is 0 Å². The predicted molar refractivity (Wildman–Crippen MR) is 142 cm³/mol. The molecule has 7 heteroatoms. The fraction of sp³-hybridized carbons (Fsp3) is 0.241. The van der Waals surface area contributed by atoms with E-state index in [1.807, 2.05) is 59.5 Å². The number of benzene rings is 3. The van der Waals surface area contributed by atoms with Crippen LogP contribution in [0.1, 0.15) is 28.4 Å². The summed E-state index contributed by atoms with van der Waals surface area (Å²) in [5, 5.41) is 0. The molecular formula is C29H28FN3O2S. The molecule has 0 aromatic heterocycles. The average molecular weight is 502 g/mol. The van der Waals surface area contributed by atoms with Crippen molar-refractivity contribution < 1.29 is 14.0 Å². The van der Waals surface area contributed by atoms with E-state index in [1.165, 1.54) is 17.8 Å². The third kappa shape index (κ3) is 5.08. The van der Waals surface area contributed by atoms with Crippen molar-refractivity contribution in [1.29, 1.82) is 0 Å². The second-order valence-corrected chi connectivity index (χ2v) is 9.99. The first-order valence-electron chi connectivity index (χ1n) is 12.2. The second kappa shape index (κ2) is 10.7. The van der Waals surface area contributed by atoms with Gasteiger partial charge in [0.25, 0.3) is 11.8 Å². The summed E-state index contributed by atoms with van der Waals surface area (Å²) >= 11 is 1.41. The number of carbonyl (C=O) groups is 2. The Kier molecular flexibility index (Phi) is 7.20. The Hall–Kier alpha value is -3.42. The molecule has 0 aliphatic carbocycles. The zero-order valence-electron chi connectivity index (χ0n) is 20.2. The number of thioether (sulfide) groups is 1. The lowest BCUT2D eigenvalue weighted by Crippen LogP contribution is -2.48. The fourth-order valence-corrected chi connectivity index (χ4v) is 5.60. The van der Waals surface area contributed by atoms with Crippen LogP contribution in [0.3, 0.4) is 0 Å². The highest BCUT2D eigenvalue weighted by Crippen LogP contribution is 2.42. The van der Waals surface area contributed by atoms with E-state index in [0.717, 1.165) is 48.9 Å². The molecule has 0 radical (unpaired) electrons. The molecule has 5 rings (SSSR count). The topological polar surface area (TPSA) is 43.9 Å². The van der Waals surface area contributed by atoms with Gasteiger partial charge in [-0.3, -0.25) is 9.59 Å². The summed E-state index contributed by atoms with van der Waals surface area (Å²) in [6.45, 7) is 6.57. The molecule has 0 saturated carbocycles. The first-order chi connectivity index (χ1) is 17.5. The standard InChI is InChI=1S/C29H28FN3O2S/c1-2-31-15-17-32(18-16-31)28(34)22-13-11-21(12-14-22)19-27-29(35)33(20-23-7-3-4-8-24(23)30)25-9-5-6-10-26(25)36-27/h3-14,19H,2,15-18,20H2,1H3/b27-19-. The summed E-state index contributed by atoms with van der Waals surface area (Å²) in [6, 6.07) is 21.6. The van der Waals surface area contributed by atoms with E-state index >= 15 is 0 Å². The highest BCUT2D eigenvalue weighted by atomic mass is 32.2. The molecule has 2 heterocycles. The monoisotopic (exact) mass is 501 g/mol. The van der Waals surface area contributed by atoms with Crippen LogP contribution >= 0.6 is 11.8 Å².